The number of Topliss-reactive ketones (excluding diaryl/α,β-unsaturated/α-hetero) is 1. The molecule has 0 aliphatic carbocycles. The van der Waals surface area contributed by atoms with Crippen molar-refractivity contribution >= 4 is 35.1 Å². The Morgan fingerprint density at radius 3 is 2.03 bits per heavy atom. The maximum absolute atomic E-state index is 12.4. The lowest BCUT2D eigenvalue weighted by Crippen LogP contribution is -2.32. The lowest BCUT2D eigenvalue weighted by Gasteiger charge is -2.08. The fraction of sp³-hybridized carbons (Fsp3) is 0.481. The molecule has 6 heteroatoms. The van der Waals surface area contributed by atoms with Gasteiger partial charge in [0.1, 0.15) is 0 Å². The summed E-state index contributed by atoms with van der Waals surface area (Å²) in [6, 6.07) is 12.2. The van der Waals surface area contributed by atoms with E-state index >= 15 is 0 Å². The van der Waals surface area contributed by atoms with Crippen molar-refractivity contribution in [2.24, 2.45) is 0 Å². The number of hydrogen-bond acceptors (Lipinski definition) is 3. The zero-order chi connectivity index (χ0) is 23.9. The van der Waals surface area contributed by atoms with Crippen molar-refractivity contribution in [1.82, 2.24) is 5.32 Å². The normalized spacial score (nSPS) is 10.8. The largest absolute Gasteiger partial charge is 0.413 e. The van der Waals surface area contributed by atoms with Crippen molar-refractivity contribution in [3.8, 4) is 5.75 Å². The van der Waals surface area contributed by atoms with E-state index in [4.69, 9.17) is 27.9 Å². The zero-order valence-electron chi connectivity index (χ0n) is 19.5. The number of carbonyl (C=O) groups excluding carboxylic acids is 2. The second kappa shape index (κ2) is 15.7. The average molecular weight is 492 g/mol. The van der Waals surface area contributed by atoms with Crippen LogP contribution in [-0.2, 0) is 6.42 Å². The first-order chi connectivity index (χ1) is 16.0. The van der Waals surface area contributed by atoms with Crippen LogP contribution in [0, 0.1) is 0 Å². The first-order valence-corrected chi connectivity index (χ1v) is 12.8. The molecule has 0 aliphatic heterocycles. The highest BCUT2D eigenvalue weighted by Crippen LogP contribution is 2.27. The molecule has 0 spiro atoms. The van der Waals surface area contributed by atoms with E-state index in [-0.39, 0.29) is 23.1 Å². The number of nitrogens with one attached hydrogen (secondary N) is 1. The summed E-state index contributed by atoms with van der Waals surface area (Å²) < 4.78 is 5.11. The van der Waals surface area contributed by atoms with Gasteiger partial charge in [-0.05, 0) is 36.6 Å². The lowest BCUT2D eigenvalue weighted by atomic mass is 10.0. The molecule has 33 heavy (non-hydrogen) atoms. The molecule has 0 atom stereocenters. The Labute approximate surface area is 208 Å². The minimum absolute atomic E-state index is 0.151. The molecule has 0 aliphatic rings. The summed E-state index contributed by atoms with van der Waals surface area (Å²) in [6.45, 7) is 2.10. The fourth-order valence-electron chi connectivity index (χ4n) is 3.62. The van der Waals surface area contributed by atoms with Crippen molar-refractivity contribution in [3.63, 3.8) is 0 Å². The summed E-state index contributed by atoms with van der Waals surface area (Å²) in [5.41, 5.74) is 1.79. The molecule has 180 valence electrons. The second-order valence-corrected chi connectivity index (χ2v) is 9.21. The maximum Gasteiger partial charge on any atom is 0.413 e. The number of ether oxygens (including phenoxy) is 1. The van der Waals surface area contributed by atoms with Gasteiger partial charge in [0, 0.05) is 10.6 Å². The van der Waals surface area contributed by atoms with Gasteiger partial charge in [-0.3, -0.25) is 4.79 Å². The van der Waals surface area contributed by atoms with Crippen molar-refractivity contribution in [2.75, 3.05) is 6.54 Å². The SMILES string of the molecule is CCCCCCCCCCCCc1ccc(C(=O)CNC(=O)Oc2ccc(Cl)cc2Cl)cc1. The van der Waals surface area contributed by atoms with Gasteiger partial charge in [0.2, 0.25) is 0 Å². The van der Waals surface area contributed by atoms with Crippen LogP contribution in [0.4, 0.5) is 4.79 Å². The van der Waals surface area contributed by atoms with Crippen molar-refractivity contribution < 1.29 is 14.3 Å². The molecule has 4 nitrogen and oxygen atoms in total. The third-order valence-corrected chi connectivity index (χ3v) is 6.12. The van der Waals surface area contributed by atoms with Gasteiger partial charge in [0.15, 0.2) is 11.5 Å². The smallest absolute Gasteiger partial charge is 0.409 e. The molecular weight excluding hydrogens is 457 g/mol. The van der Waals surface area contributed by atoms with Crippen LogP contribution in [0.2, 0.25) is 10.0 Å². The Bertz CT molecular complexity index is 868. The second-order valence-electron chi connectivity index (χ2n) is 8.37. The van der Waals surface area contributed by atoms with Crippen LogP contribution in [0.1, 0.15) is 87.1 Å². The monoisotopic (exact) mass is 491 g/mol. The Balaban J connectivity index is 1.61. The molecule has 0 saturated carbocycles. The van der Waals surface area contributed by atoms with Gasteiger partial charge in [0.25, 0.3) is 0 Å². The minimum atomic E-state index is -0.745. The number of benzene rings is 2. The molecular formula is C27H35Cl2NO3. The number of hydrogen-bond donors (Lipinski definition) is 1. The molecule has 2 aromatic rings. The van der Waals surface area contributed by atoms with E-state index in [2.05, 4.69) is 12.2 Å². The molecule has 0 heterocycles. The number of aryl methyl sites for hydroxylation is 1. The topological polar surface area (TPSA) is 55.4 Å². The molecule has 0 radical (unpaired) electrons. The molecule has 0 saturated heterocycles. The van der Waals surface area contributed by atoms with Gasteiger partial charge in [-0.25, -0.2) is 4.79 Å². The van der Waals surface area contributed by atoms with Gasteiger partial charge in [-0.15, -0.1) is 0 Å². The lowest BCUT2D eigenvalue weighted by molar-refractivity contribution is 0.0988. The van der Waals surface area contributed by atoms with Gasteiger partial charge >= 0.3 is 6.09 Å². The van der Waals surface area contributed by atoms with Crippen LogP contribution in [0.25, 0.3) is 0 Å². The summed E-state index contributed by atoms with van der Waals surface area (Å²) >= 11 is 11.8. The van der Waals surface area contributed by atoms with Crippen LogP contribution in [0.3, 0.4) is 0 Å². The van der Waals surface area contributed by atoms with Crippen LogP contribution >= 0.6 is 23.2 Å². The highest BCUT2D eigenvalue weighted by atomic mass is 35.5. The number of halogens is 2. The quantitative estimate of drug-likeness (QED) is 0.201. The zero-order valence-corrected chi connectivity index (χ0v) is 21.0. The highest BCUT2D eigenvalue weighted by Gasteiger charge is 2.12. The molecule has 0 bridgehead atoms. The summed E-state index contributed by atoms with van der Waals surface area (Å²) in [5, 5.41) is 3.12. The Hall–Kier alpha value is -2.04. The van der Waals surface area contributed by atoms with E-state index in [0.717, 1.165) is 6.42 Å². The minimum Gasteiger partial charge on any atom is -0.409 e. The van der Waals surface area contributed by atoms with Crippen molar-refractivity contribution in [3.05, 3.63) is 63.6 Å². The number of unbranched alkanes of at least 4 members (excludes halogenated alkanes) is 9. The van der Waals surface area contributed by atoms with E-state index in [0.29, 0.717) is 10.6 Å². The van der Waals surface area contributed by atoms with Crippen molar-refractivity contribution in [2.45, 2.75) is 77.6 Å². The van der Waals surface area contributed by atoms with Crippen LogP contribution < -0.4 is 10.1 Å². The summed E-state index contributed by atoms with van der Waals surface area (Å²) in [5.74, 6) is 0.00184. The van der Waals surface area contributed by atoms with Crippen LogP contribution in [0.15, 0.2) is 42.5 Å². The third-order valence-electron chi connectivity index (χ3n) is 5.58. The number of rotatable bonds is 15. The standard InChI is InChI=1S/C27H35Cl2NO3/c1-2-3-4-5-6-7-8-9-10-11-12-21-13-15-22(16-14-21)25(31)20-30-27(32)33-26-18-17-23(28)19-24(26)29/h13-19H,2-12,20H2,1H3,(H,30,32). The van der Waals surface area contributed by atoms with E-state index in [1.807, 2.05) is 24.3 Å². The predicted octanol–water partition coefficient (Wildman–Crippen LogP) is 8.43. The molecule has 0 aromatic heterocycles. The molecule has 1 amide bonds. The molecule has 2 rings (SSSR count). The number of carbonyl (C=O) groups is 2. The first kappa shape index (κ1) is 27.2. The number of ketones is 1. The van der Waals surface area contributed by atoms with Gasteiger partial charge in [0.05, 0.1) is 11.6 Å². The third kappa shape index (κ3) is 11.1. The van der Waals surface area contributed by atoms with Gasteiger partial charge < -0.3 is 10.1 Å². The maximum atomic E-state index is 12.4. The molecule has 2 aromatic carbocycles. The van der Waals surface area contributed by atoms with Gasteiger partial charge in [-0.2, -0.15) is 0 Å². The van der Waals surface area contributed by atoms with Crippen molar-refractivity contribution in [1.29, 1.82) is 0 Å². The summed E-state index contributed by atoms with van der Waals surface area (Å²) in [6.07, 6.45) is 13.5. The Kier molecular flexibility index (Phi) is 13.0. The summed E-state index contributed by atoms with van der Waals surface area (Å²) in [4.78, 5) is 24.3. The summed E-state index contributed by atoms with van der Waals surface area (Å²) in [7, 11) is 0. The Morgan fingerprint density at radius 1 is 0.818 bits per heavy atom. The van der Waals surface area contributed by atoms with E-state index in [1.54, 1.807) is 6.07 Å². The fourth-order valence-corrected chi connectivity index (χ4v) is 4.07. The molecule has 0 unspecified atom stereocenters. The van der Waals surface area contributed by atoms with E-state index in [1.165, 1.54) is 81.9 Å². The Morgan fingerprint density at radius 2 is 1.42 bits per heavy atom. The van der Waals surface area contributed by atoms with E-state index < -0.39 is 6.09 Å². The van der Waals surface area contributed by atoms with E-state index in [9.17, 15) is 9.59 Å². The first-order valence-electron chi connectivity index (χ1n) is 12.0. The predicted molar refractivity (Wildman–Crippen MR) is 137 cm³/mol. The highest BCUT2D eigenvalue weighted by molar-refractivity contribution is 6.35. The average Bonchev–Trinajstić information content (AvgIpc) is 2.81. The molecule has 0 fully saturated rings. The number of amides is 1. The van der Waals surface area contributed by atoms with Crippen LogP contribution in [0.5, 0.6) is 5.75 Å². The molecule has 1 N–H and O–H groups in total. The van der Waals surface area contributed by atoms with Crippen LogP contribution in [-0.4, -0.2) is 18.4 Å². The van der Waals surface area contributed by atoms with Gasteiger partial charge in [-0.1, -0.05) is 112 Å².